The summed E-state index contributed by atoms with van der Waals surface area (Å²) >= 11 is 0. The molecule has 0 spiro atoms. The van der Waals surface area contributed by atoms with Crippen molar-refractivity contribution in [2.45, 2.75) is 39.2 Å². The van der Waals surface area contributed by atoms with Crippen LogP contribution in [0.4, 0.5) is 0 Å². The second-order valence-corrected chi connectivity index (χ2v) is 9.48. The van der Waals surface area contributed by atoms with Crippen molar-refractivity contribution in [2.24, 2.45) is 11.8 Å². The molecular formula is C26H30N4O2. The van der Waals surface area contributed by atoms with E-state index in [0.29, 0.717) is 23.9 Å². The van der Waals surface area contributed by atoms with E-state index in [4.69, 9.17) is 0 Å². The highest BCUT2D eigenvalue weighted by Crippen LogP contribution is 2.33. The van der Waals surface area contributed by atoms with E-state index in [2.05, 4.69) is 35.9 Å². The number of nitrogens with one attached hydrogen (secondary N) is 1. The Balaban J connectivity index is 1.27. The van der Waals surface area contributed by atoms with Gasteiger partial charge in [-0.15, -0.1) is 0 Å². The molecule has 2 amide bonds. The smallest absolute Gasteiger partial charge is 0.254 e. The Morgan fingerprint density at radius 1 is 1.09 bits per heavy atom. The van der Waals surface area contributed by atoms with Crippen molar-refractivity contribution in [2.75, 3.05) is 19.6 Å². The Kier molecular flexibility index (Phi) is 5.45. The van der Waals surface area contributed by atoms with E-state index in [0.717, 1.165) is 54.5 Å². The number of hydrogen-bond donors (Lipinski definition) is 1. The molecule has 1 N–H and O–H groups in total. The third-order valence-electron chi connectivity index (χ3n) is 6.75. The van der Waals surface area contributed by atoms with Gasteiger partial charge in [-0.05, 0) is 74.4 Å². The number of nitrogens with zero attached hydrogens (tertiary/aromatic N) is 3. The molecule has 6 nitrogen and oxygen atoms in total. The monoisotopic (exact) mass is 430 g/mol. The maximum absolute atomic E-state index is 13.3. The number of aromatic amines is 1. The first-order chi connectivity index (χ1) is 15.5. The molecule has 1 aliphatic heterocycles. The maximum atomic E-state index is 13.3. The van der Waals surface area contributed by atoms with Gasteiger partial charge in [0.2, 0.25) is 5.91 Å². The highest BCUT2D eigenvalue weighted by molar-refractivity contribution is 5.95. The normalized spacial score (nSPS) is 18.5. The number of benzene rings is 2. The van der Waals surface area contributed by atoms with Crippen molar-refractivity contribution < 1.29 is 9.59 Å². The number of amides is 2. The average molecular weight is 431 g/mol. The van der Waals surface area contributed by atoms with Gasteiger partial charge in [-0.2, -0.15) is 0 Å². The topological polar surface area (TPSA) is 69.3 Å². The molecule has 1 saturated carbocycles. The van der Waals surface area contributed by atoms with Gasteiger partial charge in [-0.3, -0.25) is 9.59 Å². The molecule has 5 rings (SSSR count). The van der Waals surface area contributed by atoms with E-state index in [1.807, 2.05) is 40.1 Å². The minimum absolute atomic E-state index is 0.0579. The third kappa shape index (κ3) is 4.14. The summed E-state index contributed by atoms with van der Waals surface area (Å²) in [5.41, 5.74) is 4.80. The van der Waals surface area contributed by atoms with Crippen molar-refractivity contribution in [1.82, 2.24) is 19.8 Å². The first-order valence-corrected chi connectivity index (χ1v) is 11.6. The fourth-order valence-corrected chi connectivity index (χ4v) is 4.66. The lowest BCUT2D eigenvalue weighted by Crippen LogP contribution is -2.41. The van der Waals surface area contributed by atoms with Gasteiger partial charge in [-0.1, -0.05) is 18.2 Å². The number of aromatic nitrogens is 2. The van der Waals surface area contributed by atoms with Crippen LogP contribution in [0.2, 0.25) is 0 Å². The van der Waals surface area contributed by atoms with Gasteiger partial charge in [0.1, 0.15) is 0 Å². The molecule has 1 saturated heterocycles. The van der Waals surface area contributed by atoms with Gasteiger partial charge in [0, 0.05) is 37.2 Å². The Bertz CT molecular complexity index is 1130. The summed E-state index contributed by atoms with van der Waals surface area (Å²) in [7, 11) is 0. The van der Waals surface area contributed by atoms with Gasteiger partial charge >= 0.3 is 0 Å². The number of H-pyrrole nitrogens is 1. The summed E-state index contributed by atoms with van der Waals surface area (Å²) in [5.74, 6) is 0.995. The Labute approximate surface area is 188 Å². The molecule has 1 unspecified atom stereocenters. The summed E-state index contributed by atoms with van der Waals surface area (Å²) in [6.45, 7) is 6.43. The van der Waals surface area contributed by atoms with E-state index in [-0.39, 0.29) is 17.9 Å². The predicted molar refractivity (Wildman–Crippen MR) is 125 cm³/mol. The number of fused-ring (bicyclic) bond motifs is 1. The fraction of sp³-hybridized carbons (Fsp3) is 0.423. The summed E-state index contributed by atoms with van der Waals surface area (Å²) in [5, 5.41) is 0. The van der Waals surface area contributed by atoms with Gasteiger partial charge in [-0.25, -0.2) is 4.98 Å². The number of carbonyl (C=O) groups is 2. The molecule has 1 aliphatic carbocycles. The Morgan fingerprint density at radius 2 is 1.84 bits per heavy atom. The molecule has 6 heteroatoms. The lowest BCUT2D eigenvalue weighted by Gasteiger charge is -2.30. The van der Waals surface area contributed by atoms with Crippen LogP contribution in [0.25, 0.3) is 22.2 Å². The molecule has 1 atom stereocenters. The van der Waals surface area contributed by atoms with Crippen molar-refractivity contribution in [1.29, 1.82) is 0 Å². The van der Waals surface area contributed by atoms with Crippen LogP contribution < -0.4 is 0 Å². The first kappa shape index (κ1) is 20.7. The van der Waals surface area contributed by atoms with E-state index in [9.17, 15) is 9.59 Å². The number of likely N-dealkylation sites (tertiary alicyclic amines) is 1. The third-order valence-corrected chi connectivity index (χ3v) is 6.75. The molecule has 2 aliphatic rings. The summed E-state index contributed by atoms with van der Waals surface area (Å²) < 4.78 is 0. The minimum atomic E-state index is 0.0579. The molecule has 0 bridgehead atoms. The van der Waals surface area contributed by atoms with Crippen molar-refractivity contribution in [3.8, 4) is 11.1 Å². The van der Waals surface area contributed by atoms with Crippen molar-refractivity contribution in [3.05, 3.63) is 54.4 Å². The lowest BCUT2D eigenvalue weighted by atomic mass is 10.0. The molecule has 2 heterocycles. The minimum Gasteiger partial charge on any atom is -0.345 e. The second-order valence-electron chi connectivity index (χ2n) is 9.48. The number of imidazole rings is 1. The first-order valence-electron chi connectivity index (χ1n) is 11.6. The standard InChI is InChI=1S/C26H30N4O2/c1-17(2)30(15-18-11-12-29(14-18)25(31)20-7-8-20)26(32)21-5-3-19(4-6-21)22-9-10-23-24(13-22)28-16-27-23/h3-6,9-10,13,16-18,20H,7-8,11-12,14-15H2,1-2H3,(H,27,28). The second kappa shape index (κ2) is 8.41. The zero-order chi connectivity index (χ0) is 22.2. The SMILES string of the molecule is CC(C)N(CC1CCN(C(=O)C2CC2)C1)C(=O)c1ccc(-c2ccc3nc[nH]c3c2)cc1. The number of rotatable bonds is 6. The van der Waals surface area contributed by atoms with E-state index in [1.165, 1.54) is 0 Å². The van der Waals surface area contributed by atoms with Crippen LogP contribution in [-0.2, 0) is 4.79 Å². The van der Waals surface area contributed by atoms with Gasteiger partial charge in [0.05, 0.1) is 17.4 Å². The predicted octanol–water partition coefficient (Wildman–Crippen LogP) is 4.34. The van der Waals surface area contributed by atoms with Crippen LogP contribution in [0.1, 0.15) is 43.5 Å². The van der Waals surface area contributed by atoms with E-state index >= 15 is 0 Å². The molecule has 1 aromatic heterocycles. The van der Waals surface area contributed by atoms with Gasteiger partial charge in [0.25, 0.3) is 5.91 Å². The molecule has 32 heavy (non-hydrogen) atoms. The fourth-order valence-electron chi connectivity index (χ4n) is 4.66. The summed E-state index contributed by atoms with van der Waals surface area (Å²) in [4.78, 5) is 37.1. The number of carbonyl (C=O) groups excluding carboxylic acids is 2. The highest BCUT2D eigenvalue weighted by atomic mass is 16.2. The van der Waals surface area contributed by atoms with E-state index in [1.54, 1.807) is 6.33 Å². The van der Waals surface area contributed by atoms with Crippen LogP contribution in [-0.4, -0.2) is 57.3 Å². The van der Waals surface area contributed by atoms with Crippen LogP contribution in [0.5, 0.6) is 0 Å². The quantitative estimate of drug-likeness (QED) is 0.633. The summed E-state index contributed by atoms with van der Waals surface area (Å²) in [6.07, 6.45) is 4.76. The maximum Gasteiger partial charge on any atom is 0.254 e. The van der Waals surface area contributed by atoms with Gasteiger partial charge in [0.15, 0.2) is 0 Å². The molecule has 166 valence electrons. The Morgan fingerprint density at radius 3 is 2.56 bits per heavy atom. The van der Waals surface area contributed by atoms with Crippen molar-refractivity contribution in [3.63, 3.8) is 0 Å². The zero-order valence-corrected chi connectivity index (χ0v) is 18.8. The van der Waals surface area contributed by atoms with Crippen LogP contribution >= 0.6 is 0 Å². The zero-order valence-electron chi connectivity index (χ0n) is 18.8. The molecule has 2 aromatic carbocycles. The average Bonchev–Trinajstić information content (AvgIpc) is 3.36. The Hall–Kier alpha value is -3.15. The number of hydrogen-bond acceptors (Lipinski definition) is 3. The van der Waals surface area contributed by atoms with Crippen LogP contribution in [0, 0.1) is 11.8 Å². The van der Waals surface area contributed by atoms with Crippen LogP contribution in [0.3, 0.4) is 0 Å². The van der Waals surface area contributed by atoms with Crippen molar-refractivity contribution >= 4 is 22.8 Å². The van der Waals surface area contributed by atoms with E-state index < -0.39 is 0 Å². The summed E-state index contributed by atoms with van der Waals surface area (Å²) in [6, 6.07) is 14.1. The molecule has 3 aromatic rings. The largest absolute Gasteiger partial charge is 0.345 e. The molecule has 2 fully saturated rings. The molecule has 0 radical (unpaired) electrons. The van der Waals surface area contributed by atoms with Crippen LogP contribution in [0.15, 0.2) is 48.8 Å². The lowest BCUT2D eigenvalue weighted by molar-refractivity contribution is -0.131. The molecular weight excluding hydrogens is 400 g/mol. The highest BCUT2D eigenvalue weighted by Gasteiger charge is 2.37. The van der Waals surface area contributed by atoms with Gasteiger partial charge < -0.3 is 14.8 Å².